The molecule has 0 fully saturated rings. The van der Waals surface area contributed by atoms with E-state index in [2.05, 4.69) is 4.98 Å². The molecule has 17 heavy (non-hydrogen) atoms. The van der Waals surface area contributed by atoms with Crippen molar-refractivity contribution in [2.75, 3.05) is 18.5 Å². The topological polar surface area (TPSA) is 36.4 Å². The molecular formula is C11H15F3N2O. The molecule has 0 spiro atoms. The molecule has 6 heteroatoms. The van der Waals surface area contributed by atoms with E-state index in [0.29, 0.717) is 17.8 Å². The molecule has 0 bridgehead atoms. The van der Waals surface area contributed by atoms with Crippen molar-refractivity contribution in [2.24, 2.45) is 0 Å². The summed E-state index contributed by atoms with van der Waals surface area (Å²) in [6, 6.07) is 3.06. The summed E-state index contributed by atoms with van der Waals surface area (Å²) in [5.41, 5.74) is 0.839. The SMILES string of the molecule is CC[C@H](O)c1ccc(N(C)CC(F)(F)F)cn1. The Morgan fingerprint density at radius 2 is 2.06 bits per heavy atom. The number of hydrogen-bond acceptors (Lipinski definition) is 3. The highest BCUT2D eigenvalue weighted by Crippen LogP contribution is 2.21. The summed E-state index contributed by atoms with van der Waals surface area (Å²) in [5.74, 6) is 0. The number of halogens is 3. The zero-order valence-corrected chi connectivity index (χ0v) is 9.70. The summed E-state index contributed by atoms with van der Waals surface area (Å²) in [5, 5.41) is 9.49. The van der Waals surface area contributed by atoms with Gasteiger partial charge in [0.1, 0.15) is 6.54 Å². The van der Waals surface area contributed by atoms with Crippen LogP contribution >= 0.6 is 0 Å². The summed E-state index contributed by atoms with van der Waals surface area (Å²) >= 11 is 0. The van der Waals surface area contributed by atoms with Crippen LogP contribution in [0.3, 0.4) is 0 Å². The Morgan fingerprint density at radius 1 is 1.41 bits per heavy atom. The van der Waals surface area contributed by atoms with Gasteiger partial charge in [0, 0.05) is 7.05 Å². The van der Waals surface area contributed by atoms with Gasteiger partial charge in [-0.05, 0) is 18.6 Å². The lowest BCUT2D eigenvalue weighted by Gasteiger charge is -2.20. The van der Waals surface area contributed by atoms with Gasteiger partial charge in [-0.25, -0.2) is 0 Å². The fourth-order valence-electron chi connectivity index (χ4n) is 1.39. The lowest BCUT2D eigenvalue weighted by Crippen LogP contribution is -2.30. The van der Waals surface area contributed by atoms with E-state index < -0.39 is 18.8 Å². The van der Waals surface area contributed by atoms with Gasteiger partial charge in [-0.2, -0.15) is 13.2 Å². The molecule has 3 nitrogen and oxygen atoms in total. The monoisotopic (exact) mass is 248 g/mol. The Morgan fingerprint density at radius 3 is 2.47 bits per heavy atom. The Balaban J connectivity index is 2.74. The van der Waals surface area contributed by atoms with Crippen LogP contribution in [0.5, 0.6) is 0 Å². The van der Waals surface area contributed by atoms with Gasteiger partial charge in [0.15, 0.2) is 0 Å². The van der Waals surface area contributed by atoms with Gasteiger partial charge < -0.3 is 10.0 Å². The second-order valence-electron chi connectivity index (χ2n) is 3.84. The van der Waals surface area contributed by atoms with Gasteiger partial charge in [-0.15, -0.1) is 0 Å². The van der Waals surface area contributed by atoms with E-state index in [1.54, 1.807) is 6.92 Å². The molecule has 1 heterocycles. The fourth-order valence-corrected chi connectivity index (χ4v) is 1.39. The molecule has 1 atom stereocenters. The molecule has 0 aromatic carbocycles. The standard InChI is InChI=1S/C11H15F3N2O/c1-3-10(17)9-5-4-8(6-15-9)16(2)7-11(12,13)14/h4-6,10,17H,3,7H2,1-2H3/t10-/m0/s1. The minimum absolute atomic E-state index is 0.370. The maximum absolute atomic E-state index is 12.2. The van der Waals surface area contributed by atoms with Gasteiger partial charge in [-0.3, -0.25) is 4.98 Å². The zero-order chi connectivity index (χ0) is 13.1. The van der Waals surface area contributed by atoms with Crippen LogP contribution in [0.1, 0.15) is 25.1 Å². The normalized spacial score (nSPS) is 13.5. The first-order valence-corrected chi connectivity index (χ1v) is 5.25. The quantitative estimate of drug-likeness (QED) is 0.889. The number of pyridine rings is 1. The van der Waals surface area contributed by atoms with Crippen molar-refractivity contribution < 1.29 is 18.3 Å². The van der Waals surface area contributed by atoms with E-state index in [9.17, 15) is 18.3 Å². The first-order valence-electron chi connectivity index (χ1n) is 5.25. The van der Waals surface area contributed by atoms with Crippen molar-refractivity contribution in [3.05, 3.63) is 24.0 Å². The summed E-state index contributed by atoms with van der Waals surface area (Å²) in [6.07, 6.45) is -3.06. The first-order chi connectivity index (χ1) is 7.83. The van der Waals surface area contributed by atoms with Crippen molar-refractivity contribution in [3.8, 4) is 0 Å². The average Bonchev–Trinajstić information content (AvgIpc) is 2.26. The molecule has 1 N–H and O–H groups in total. The predicted molar refractivity (Wildman–Crippen MR) is 58.8 cm³/mol. The lowest BCUT2D eigenvalue weighted by atomic mass is 10.2. The predicted octanol–water partition coefficient (Wildman–Crippen LogP) is 2.52. The van der Waals surface area contributed by atoms with E-state index in [1.807, 2.05) is 0 Å². The van der Waals surface area contributed by atoms with E-state index in [4.69, 9.17) is 0 Å². The number of hydrogen-bond donors (Lipinski definition) is 1. The largest absolute Gasteiger partial charge is 0.405 e. The van der Waals surface area contributed by atoms with Crippen LogP contribution in [0.25, 0.3) is 0 Å². The van der Waals surface area contributed by atoms with Crippen LogP contribution in [-0.4, -0.2) is 29.9 Å². The zero-order valence-electron chi connectivity index (χ0n) is 9.70. The Bertz CT molecular complexity index is 351. The number of aliphatic hydroxyl groups is 1. The molecule has 0 saturated carbocycles. The van der Waals surface area contributed by atoms with E-state index in [1.165, 1.54) is 25.4 Å². The summed E-state index contributed by atoms with van der Waals surface area (Å²) < 4.78 is 36.5. The van der Waals surface area contributed by atoms with E-state index in [0.717, 1.165) is 4.90 Å². The van der Waals surface area contributed by atoms with Gasteiger partial charge in [0.05, 0.1) is 23.7 Å². The number of anilines is 1. The molecule has 0 unspecified atom stereocenters. The Kier molecular flexibility index (Phi) is 4.34. The smallest absolute Gasteiger partial charge is 0.387 e. The molecule has 0 amide bonds. The molecule has 0 radical (unpaired) electrons. The molecule has 1 rings (SSSR count). The second-order valence-corrected chi connectivity index (χ2v) is 3.84. The average molecular weight is 248 g/mol. The molecular weight excluding hydrogens is 233 g/mol. The minimum atomic E-state index is -4.24. The van der Waals surface area contributed by atoms with Crippen LogP contribution < -0.4 is 4.90 Å². The van der Waals surface area contributed by atoms with Gasteiger partial charge in [0.25, 0.3) is 0 Å². The number of aromatic nitrogens is 1. The third kappa shape index (κ3) is 4.22. The molecule has 1 aromatic rings. The van der Waals surface area contributed by atoms with Crippen molar-refractivity contribution in [1.29, 1.82) is 0 Å². The van der Waals surface area contributed by atoms with Crippen LogP contribution in [0.4, 0.5) is 18.9 Å². The number of rotatable bonds is 4. The maximum Gasteiger partial charge on any atom is 0.405 e. The Hall–Kier alpha value is -1.30. The second kappa shape index (κ2) is 5.35. The molecule has 96 valence electrons. The molecule has 0 saturated heterocycles. The number of alkyl halides is 3. The van der Waals surface area contributed by atoms with Gasteiger partial charge >= 0.3 is 6.18 Å². The number of aliphatic hydroxyl groups excluding tert-OH is 1. The summed E-state index contributed by atoms with van der Waals surface area (Å²) in [4.78, 5) is 5.01. The highest BCUT2D eigenvalue weighted by Gasteiger charge is 2.29. The molecule has 0 aliphatic heterocycles. The minimum Gasteiger partial charge on any atom is -0.387 e. The first kappa shape index (κ1) is 13.8. The number of nitrogens with zero attached hydrogens (tertiary/aromatic N) is 2. The van der Waals surface area contributed by atoms with Crippen molar-refractivity contribution >= 4 is 5.69 Å². The maximum atomic E-state index is 12.2. The van der Waals surface area contributed by atoms with Crippen LogP contribution in [-0.2, 0) is 0 Å². The van der Waals surface area contributed by atoms with Crippen LogP contribution in [0, 0.1) is 0 Å². The van der Waals surface area contributed by atoms with Crippen molar-refractivity contribution in [1.82, 2.24) is 4.98 Å². The summed E-state index contributed by atoms with van der Waals surface area (Å²) in [6.45, 7) is 0.778. The van der Waals surface area contributed by atoms with E-state index >= 15 is 0 Å². The lowest BCUT2D eigenvalue weighted by molar-refractivity contribution is -0.119. The van der Waals surface area contributed by atoms with E-state index in [-0.39, 0.29) is 0 Å². The molecule has 0 aliphatic rings. The fraction of sp³-hybridized carbons (Fsp3) is 0.545. The highest BCUT2D eigenvalue weighted by atomic mass is 19.4. The van der Waals surface area contributed by atoms with Crippen LogP contribution in [0.2, 0.25) is 0 Å². The third-order valence-electron chi connectivity index (χ3n) is 2.36. The van der Waals surface area contributed by atoms with Gasteiger partial charge in [0.2, 0.25) is 0 Å². The third-order valence-corrected chi connectivity index (χ3v) is 2.36. The van der Waals surface area contributed by atoms with Crippen molar-refractivity contribution in [3.63, 3.8) is 0 Å². The Labute approximate surface area is 97.9 Å². The van der Waals surface area contributed by atoms with Crippen LogP contribution in [0.15, 0.2) is 18.3 Å². The highest BCUT2D eigenvalue weighted by molar-refractivity contribution is 5.44. The van der Waals surface area contributed by atoms with Gasteiger partial charge in [-0.1, -0.05) is 6.92 Å². The molecule has 0 aliphatic carbocycles. The summed E-state index contributed by atoms with van der Waals surface area (Å²) in [7, 11) is 1.35. The van der Waals surface area contributed by atoms with Crippen molar-refractivity contribution in [2.45, 2.75) is 25.6 Å². The molecule has 1 aromatic heterocycles.